The van der Waals surface area contributed by atoms with Crippen molar-refractivity contribution in [1.29, 1.82) is 0 Å². The summed E-state index contributed by atoms with van der Waals surface area (Å²) in [6.45, 7) is 5.29. The summed E-state index contributed by atoms with van der Waals surface area (Å²) in [6, 6.07) is 5.51. The Morgan fingerprint density at radius 2 is 1.71 bits per heavy atom. The Morgan fingerprint density at radius 1 is 1.14 bits per heavy atom. The average Bonchev–Trinajstić information content (AvgIpc) is 2.53. The lowest BCUT2D eigenvalue weighted by Gasteiger charge is -2.34. The number of carbonyl (C=O) groups excluding carboxylic acids is 2. The molecule has 21 heavy (non-hydrogen) atoms. The molecule has 0 radical (unpaired) electrons. The van der Waals surface area contributed by atoms with Gasteiger partial charge in [0.1, 0.15) is 11.6 Å². The van der Waals surface area contributed by atoms with Crippen molar-refractivity contribution in [3.63, 3.8) is 0 Å². The minimum atomic E-state index is -0.350. The summed E-state index contributed by atoms with van der Waals surface area (Å²) in [5.74, 6) is -0.170. The Hall–Kier alpha value is -2.37. The fraction of sp³-hybridized carbons (Fsp3) is 0.333. The van der Waals surface area contributed by atoms with E-state index >= 15 is 0 Å². The zero-order valence-electron chi connectivity index (χ0n) is 11.6. The van der Waals surface area contributed by atoms with Crippen LogP contribution >= 0.6 is 0 Å². The van der Waals surface area contributed by atoms with Gasteiger partial charge in [0.05, 0.1) is 0 Å². The molecule has 0 spiro atoms. The molecule has 0 saturated carbocycles. The van der Waals surface area contributed by atoms with Crippen molar-refractivity contribution in [3.05, 3.63) is 42.7 Å². The Morgan fingerprint density at radius 3 is 2.29 bits per heavy atom. The van der Waals surface area contributed by atoms with Crippen LogP contribution in [0.2, 0.25) is 0 Å². The van der Waals surface area contributed by atoms with Gasteiger partial charge in [0.15, 0.2) is 6.61 Å². The quantitative estimate of drug-likeness (QED) is 0.780. The molecule has 1 saturated heterocycles. The number of amides is 2. The number of hydrogen-bond acceptors (Lipinski definition) is 3. The zero-order valence-corrected chi connectivity index (χ0v) is 11.6. The predicted octanol–water partition coefficient (Wildman–Crippen LogP) is 1.06. The molecule has 1 fully saturated rings. The van der Waals surface area contributed by atoms with E-state index in [0.29, 0.717) is 31.9 Å². The van der Waals surface area contributed by atoms with Gasteiger partial charge < -0.3 is 14.5 Å². The van der Waals surface area contributed by atoms with Gasteiger partial charge in [-0.05, 0) is 30.3 Å². The van der Waals surface area contributed by atoms with Crippen LogP contribution in [0, 0.1) is 5.82 Å². The van der Waals surface area contributed by atoms with Crippen molar-refractivity contribution >= 4 is 11.8 Å². The summed E-state index contributed by atoms with van der Waals surface area (Å²) in [4.78, 5) is 26.7. The number of benzene rings is 1. The Kier molecular flexibility index (Phi) is 4.92. The van der Waals surface area contributed by atoms with Crippen LogP contribution in [-0.4, -0.2) is 54.4 Å². The van der Waals surface area contributed by atoms with Crippen LogP contribution in [0.4, 0.5) is 4.39 Å². The van der Waals surface area contributed by atoms with E-state index in [1.807, 2.05) is 0 Å². The number of halogens is 1. The van der Waals surface area contributed by atoms with Gasteiger partial charge in [-0.25, -0.2) is 4.39 Å². The zero-order chi connectivity index (χ0) is 15.2. The summed E-state index contributed by atoms with van der Waals surface area (Å²) in [5, 5.41) is 0. The van der Waals surface area contributed by atoms with Gasteiger partial charge in [0.2, 0.25) is 5.91 Å². The second kappa shape index (κ2) is 6.88. The highest BCUT2D eigenvalue weighted by atomic mass is 19.1. The van der Waals surface area contributed by atoms with Gasteiger partial charge >= 0.3 is 0 Å². The van der Waals surface area contributed by atoms with Crippen molar-refractivity contribution in [3.8, 4) is 5.75 Å². The molecule has 1 aromatic carbocycles. The lowest BCUT2D eigenvalue weighted by molar-refractivity contribution is -0.138. The maximum atomic E-state index is 12.7. The van der Waals surface area contributed by atoms with E-state index < -0.39 is 0 Å². The third kappa shape index (κ3) is 4.05. The molecule has 0 aromatic heterocycles. The molecule has 1 aromatic rings. The maximum absolute atomic E-state index is 12.7. The molecule has 2 rings (SSSR count). The molecule has 1 heterocycles. The molecule has 0 N–H and O–H groups in total. The number of carbonyl (C=O) groups is 2. The summed E-state index contributed by atoms with van der Waals surface area (Å²) < 4.78 is 18.1. The molecule has 2 amide bonds. The molecule has 0 unspecified atom stereocenters. The first kappa shape index (κ1) is 15.0. The highest BCUT2D eigenvalue weighted by Gasteiger charge is 2.22. The standard InChI is InChI=1S/C15H17FN2O3/c1-2-14(19)17-7-9-18(10-8-17)15(20)11-21-13-5-3-12(16)4-6-13/h2-6H,1,7-11H2. The normalized spacial score (nSPS) is 14.7. The molecular formula is C15H17FN2O3. The van der Waals surface area contributed by atoms with Gasteiger partial charge in [-0.2, -0.15) is 0 Å². The van der Waals surface area contributed by atoms with Crippen LogP contribution in [0.3, 0.4) is 0 Å². The van der Waals surface area contributed by atoms with Crippen LogP contribution in [0.5, 0.6) is 5.75 Å². The first-order chi connectivity index (χ1) is 10.1. The Balaban J connectivity index is 1.78. The largest absolute Gasteiger partial charge is 0.484 e. The smallest absolute Gasteiger partial charge is 0.260 e. The van der Waals surface area contributed by atoms with Crippen molar-refractivity contribution in [2.24, 2.45) is 0 Å². The third-order valence-corrected chi connectivity index (χ3v) is 3.29. The predicted molar refractivity (Wildman–Crippen MR) is 75.3 cm³/mol. The van der Waals surface area contributed by atoms with E-state index in [2.05, 4.69) is 6.58 Å². The Bertz CT molecular complexity index is 522. The number of rotatable bonds is 4. The van der Waals surface area contributed by atoms with Crippen LogP contribution in [0.15, 0.2) is 36.9 Å². The van der Waals surface area contributed by atoms with Crippen LogP contribution < -0.4 is 4.74 Å². The van der Waals surface area contributed by atoms with Gasteiger partial charge in [-0.3, -0.25) is 9.59 Å². The average molecular weight is 292 g/mol. The molecule has 0 atom stereocenters. The molecule has 1 aliphatic heterocycles. The van der Waals surface area contributed by atoms with Gasteiger partial charge in [0, 0.05) is 26.2 Å². The van der Waals surface area contributed by atoms with E-state index in [4.69, 9.17) is 4.74 Å². The second-order valence-electron chi connectivity index (χ2n) is 4.65. The highest BCUT2D eigenvalue weighted by Crippen LogP contribution is 2.11. The van der Waals surface area contributed by atoms with E-state index in [9.17, 15) is 14.0 Å². The van der Waals surface area contributed by atoms with E-state index in [-0.39, 0.29) is 24.2 Å². The highest BCUT2D eigenvalue weighted by molar-refractivity contribution is 5.87. The minimum Gasteiger partial charge on any atom is -0.484 e. The Labute approximate surface area is 122 Å². The fourth-order valence-corrected chi connectivity index (χ4v) is 2.07. The summed E-state index contributed by atoms with van der Waals surface area (Å²) >= 11 is 0. The summed E-state index contributed by atoms with van der Waals surface area (Å²) in [5.41, 5.74) is 0. The lowest BCUT2D eigenvalue weighted by Crippen LogP contribution is -2.51. The monoisotopic (exact) mass is 292 g/mol. The number of ether oxygens (including phenoxy) is 1. The van der Waals surface area contributed by atoms with E-state index in [1.165, 1.54) is 30.3 Å². The fourth-order valence-electron chi connectivity index (χ4n) is 2.07. The molecule has 5 nitrogen and oxygen atoms in total. The van der Waals surface area contributed by atoms with Crippen LogP contribution in [0.1, 0.15) is 0 Å². The second-order valence-corrected chi connectivity index (χ2v) is 4.65. The molecule has 1 aliphatic rings. The van der Waals surface area contributed by atoms with Crippen molar-refractivity contribution in [1.82, 2.24) is 9.80 Å². The van der Waals surface area contributed by atoms with E-state index in [0.717, 1.165) is 0 Å². The first-order valence-corrected chi connectivity index (χ1v) is 6.67. The van der Waals surface area contributed by atoms with Gasteiger partial charge in [-0.1, -0.05) is 6.58 Å². The van der Waals surface area contributed by atoms with Crippen LogP contribution in [-0.2, 0) is 9.59 Å². The topological polar surface area (TPSA) is 49.9 Å². The van der Waals surface area contributed by atoms with Crippen molar-refractivity contribution in [2.75, 3.05) is 32.8 Å². The lowest BCUT2D eigenvalue weighted by atomic mass is 10.3. The van der Waals surface area contributed by atoms with Crippen molar-refractivity contribution in [2.45, 2.75) is 0 Å². The summed E-state index contributed by atoms with van der Waals surface area (Å²) in [7, 11) is 0. The molecule has 112 valence electrons. The van der Waals surface area contributed by atoms with Gasteiger partial charge in [0.25, 0.3) is 5.91 Å². The molecular weight excluding hydrogens is 275 g/mol. The third-order valence-electron chi connectivity index (χ3n) is 3.29. The molecule has 0 bridgehead atoms. The number of hydrogen-bond donors (Lipinski definition) is 0. The van der Waals surface area contributed by atoms with Crippen LogP contribution in [0.25, 0.3) is 0 Å². The SMILES string of the molecule is C=CC(=O)N1CCN(C(=O)COc2ccc(F)cc2)CC1. The van der Waals surface area contributed by atoms with E-state index in [1.54, 1.807) is 9.80 Å². The first-order valence-electron chi connectivity index (χ1n) is 6.67. The number of piperazine rings is 1. The van der Waals surface area contributed by atoms with Crippen molar-refractivity contribution < 1.29 is 18.7 Å². The summed E-state index contributed by atoms with van der Waals surface area (Å²) in [6.07, 6.45) is 1.27. The minimum absolute atomic E-state index is 0.0962. The number of nitrogens with zero attached hydrogens (tertiary/aromatic N) is 2. The molecule has 0 aliphatic carbocycles. The maximum Gasteiger partial charge on any atom is 0.260 e. The molecule has 6 heteroatoms. The van der Waals surface area contributed by atoms with Gasteiger partial charge in [-0.15, -0.1) is 0 Å².